The second-order valence-electron chi connectivity index (χ2n) is 4.00. The van der Waals surface area contributed by atoms with Crippen LogP contribution in [-0.2, 0) is 11.0 Å². The molecule has 0 aromatic heterocycles. The molecule has 0 bridgehead atoms. The molecule has 0 aliphatic rings. The third-order valence-electron chi connectivity index (χ3n) is 2.51. The molecule has 88 valence electrons. The molecule has 3 heteroatoms. The fourth-order valence-corrected chi connectivity index (χ4v) is 2.13. The van der Waals surface area contributed by atoms with E-state index in [1.54, 1.807) is 6.26 Å². The number of benzene rings is 2. The first-order valence-corrected chi connectivity index (χ1v) is 6.98. The third-order valence-corrected chi connectivity index (χ3v) is 3.03. The number of anilines is 1. The van der Waals surface area contributed by atoms with Gasteiger partial charge < -0.3 is 4.72 Å². The van der Waals surface area contributed by atoms with Gasteiger partial charge in [-0.3, -0.25) is 0 Å². The summed E-state index contributed by atoms with van der Waals surface area (Å²) in [6.07, 6.45) is 1.62. The Morgan fingerprint density at radius 1 is 1.00 bits per heavy atom. The molecule has 1 unspecified atom stereocenters. The highest BCUT2D eigenvalue weighted by atomic mass is 32.2. The Bertz CT molecular complexity index is 534. The van der Waals surface area contributed by atoms with Crippen LogP contribution in [0.2, 0.25) is 0 Å². The molecule has 1 N–H and O–H groups in total. The van der Waals surface area contributed by atoms with Crippen LogP contribution in [0.4, 0.5) is 5.69 Å². The van der Waals surface area contributed by atoms with E-state index in [9.17, 15) is 4.21 Å². The zero-order valence-corrected chi connectivity index (χ0v) is 10.8. The maximum atomic E-state index is 11.1. The maximum Gasteiger partial charge on any atom is 0.113 e. The van der Waals surface area contributed by atoms with E-state index < -0.39 is 11.0 Å². The van der Waals surface area contributed by atoms with Gasteiger partial charge in [0.05, 0.1) is 0 Å². The molecule has 17 heavy (non-hydrogen) atoms. The lowest BCUT2D eigenvalue weighted by Gasteiger charge is -2.06. The average molecular weight is 245 g/mol. The number of nitrogens with one attached hydrogen (secondary N) is 1. The molecular formula is C14H15NOS. The zero-order valence-electron chi connectivity index (χ0n) is 9.94. The van der Waals surface area contributed by atoms with Gasteiger partial charge in [-0.15, -0.1) is 0 Å². The fourth-order valence-electron chi connectivity index (χ4n) is 1.67. The number of hydrogen-bond donors (Lipinski definition) is 1. The van der Waals surface area contributed by atoms with Gasteiger partial charge in [0.2, 0.25) is 0 Å². The van der Waals surface area contributed by atoms with E-state index in [0.717, 1.165) is 11.3 Å². The summed E-state index contributed by atoms with van der Waals surface area (Å²) in [5.74, 6) is 0. The standard InChI is InChI=1S/C14H15NOS/c1-11-6-8-12(9-7-11)13-4-3-5-14(10-13)15-17(2)16/h3-10,15H,1-2H3. The van der Waals surface area contributed by atoms with Crippen LogP contribution in [0.15, 0.2) is 48.5 Å². The lowest BCUT2D eigenvalue weighted by Crippen LogP contribution is -2.00. The summed E-state index contributed by atoms with van der Waals surface area (Å²) >= 11 is 0. The Balaban J connectivity index is 2.32. The highest BCUT2D eigenvalue weighted by Crippen LogP contribution is 2.23. The number of hydrogen-bond acceptors (Lipinski definition) is 1. The Morgan fingerprint density at radius 2 is 1.71 bits per heavy atom. The van der Waals surface area contributed by atoms with E-state index in [4.69, 9.17) is 0 Å². The van der Waals surface area contributed by atoms with E-state index >= 15 is 0 Å². The van der Waals surface area contributed by atoms with E-state index in [1.165, 1.54) is 11.1 Å². The van der Waals surface area contributed by atoms with Crippen LogP contribution in [0.1, 0.15) is 5.56 Å². The van der Waals surface area contributed by atoms with Crippen molar-refractivity contribution in [3.05, 3.63) is 54.1 Å². The molecule has 0 amide bonds. The van der Waals surface area contributed by atoms with Crippen LogP contribution in [-0.4, -0.2) is 10.5 Å². The van der Waals surface area contributed by atoms with Crippen molar-refractivity contribution in [2.75, 3.05) is 11.0 Å². The van der Waals surface area contributed by atoms with Crippen LogP contribution in [0.25, 0.3) is 11.1 Å². The molecule has 0 heterocycles. The van der Waals surface area contributed by atoms with Crippen molar-refractivity contribution in [3.63, 3.8) is 0 Å². The molecule has 0 fully saturated rings. The fraction of sp³-hybridized carbons (Fsp3) is 0.143. The molecule has 0 aliphatic carbocycles. The van der Waals surface area contributed by atoms with Crippen molar-refractivity contribution in [3.8, 4) is 11.1 Å². The van der Waals surface area contributed by atoms with Crippen molar-refractivity contribution >= 4 is 16.7 Å². The van der Waals surface area contributed by atoms with Gasteiger partial charge in [-0.2, -0.15) is 0 Å². The van der Waals surface area contributed by atoms with Gasteiger partial charge in [-0.25, -0.2) is 4.21 Å². The number of aryl methyl sites for hydroxylation is 1. The molecular weight excluding hydrogens is 230 g/mol. The summed E-state index contributed by atoms with van der Waals surface area (Å²) in [5, 5.41) is 0. The first-order chi connectivity index (χ1) is 8.15. The first-order valence-electron chi connectivity index (χ1n) is 5.42. The van der Waals surface area contributed by atoms with Crippen LogP contribution < -0.4 is 4.72 Å². The Labute approximate surface area is 104 Å². The van der Waals surface area contributed by atoms with Crippen LogP contribution in [0.3, 0.4) is 0 Å². The summed E-state index contributed by atoms with van der Waals surface area (Å²) in [6, 6.07) is 16.3. The predicted octanol–water partition coefficient (Wildman–Crippen LogP) is 3.37. The molecule has 0 radical (unpaired) electrons. The minimum absolute atomic E-state index is 0.879. The number of rotatable bonds is 3. The van der Waals surface area contributed by atoms with Crippen molar-refractivity contribution < 1.29 is 4.21 Å². The molecule has 0 saturated carbocycles. The largest absolute Gasteiger partial charge is 0.305 e. The van der Waals surface area contributed by atoms with E-state index in [2.05, 4.69) is 42.0 Å². The van der Waals surface area contributed by atoms with Gasteiger partial charge in [0.1, 0.15) is 11.0 Å². The SMILES string of the molecule is Cc1ccc(-c2cccc(NS(C)=O)c2)cc1. The molecule has 2 rings (SSSR count). The summed E-state index contributed by atoms with van der Waals surface area (Å²) in [4.78, 5) is 0. The average Bonchev–Trinajstić information content (AvgIpc) is 2.29. The van der Waals surface area contributed by atoms with Crippen molar-refractivity contribution in [1.29, 1.82) is 0 Å². The lowest BCUT2D eigenvalue weighted by molar-refractivity contribution is 0.690. The lowest BCUT2D eigenvalue weighted by atomic mass is 10.0. The van der Waals surface area contributed by atoms with E-state index in [0.29, 0.717) is 0 Å². The molecule has 0 spiro atoms. The Hall–Kier alpha value is -1.61. The second-order valence-corrected chi connectivity index (χ2v) is 5.12. The maximum absolute atomic E-state index is 11.1. The predicted molar refractivity (Wildman–Crippen MR) is 74.3 cm³/mol. The summed E-state index contributed by atoms with van der Waals surface area (Å²) in [7, 11) is -1.03. The van der Waals surface area contributed by atoms with E-state index in [-0.39, 0.29) is 0 Å². The molecule has 0 aliphatic heterocycles. The Morgan fingerprint density at radius 3 is 2.35 bits per heavy atom. The summed E-state index contributed by atoms with van der Waals surface area (Å²) in [5.41, 5.74) is 4.42. The molecule has 2 nitrogen and oxygen atoms in total. The quantitative estimate of drug-likeness (QED) is 0.882. The van der Waals surface area contributed by atoms with Crippen molar-refractivity contribution in [1.82, 2.24) is 0 Å². The molecule has 2 aromatic carbocycles. The molecule has 1 atom stereocenters. The zero-order chi connectivity index (χ0) is 12.3. The monoisotopic (exact) mass is 245 g/mol. The Kier molecular flexibility index (Phi) is 3.59. The van der Waals surface area contributed by atoms with Gasteiger partial charge in [-0.1, -0.05) is 42.0 Å². The summed E-state index contributed by atoms with van der Waals surface area (Å²) < 4.78 is 14.0. The molecule has 2 aromatic rings. The topological polar surface area (TPSA) is 29.1 Å². The van der Waals surface area contributed by atoms with Gasteiger partial charge in [0.15, 0.2) is 0 Å². The second kappa shape index (κ2) is 5.15. The van der Waals surface area contributed by atoms with Crippen molar-refractivity contribution in [2.24, 2.45) is 0 Å². The highest BCUT2D eigenvalue weighted by Gasteiger charge is 1.99. The smallest absolute Gasteiger partial charge is 0.113 e. The summed E-state index contributed by atoms with van der Waals surface area (Å²) in [6.45, 7) is 2.07. The van der Waals surface area contributed by atoms with Crippen LogP contribution in [0, 0.1) is 6.92 Å². The minimum atomic E-state index is -1.03. The van der Waals surface area contributed by atoms with Gasteiger partial charge in [0.25, 0.3) is 0 Å². The minimum Gasteiger partial charge on any atom is -0.305 e. The molecule has 0 saturated heterocycles. The van der Waals surface area contributed by atoms with Gasteiger partial charge >= 0.3 is 0 Å². The third kappa shape index (κ3) is 3.17. The van der Waals surface area contributed by atoms with E-state index in [1.807, 2.05) is 18.2 Å². The first kappa shape index (κ1) is 11.9. The van der Waals surface area contributed by atoms with Gasteiger partial charge in [0, 0.05) is 11.9 Å². The normalized spacial score (nSPS) is 12.1. The highest BCUT2D eigenvalue weighted by molar-refractivity contribution is 7.85. The van der Waals surface area contributed by atoms with Crippen LogP contribution in [0.5, 0.6) is 0 Å². The van der Waals surface area contributed by atoms with Gasteiger partial charge in [-0.05, 0) is 30.2 Å². The van der Waals surface area contributed by atoms with Crippen molar-refractivity contribution in [2.45, 2.75) is 6.92 Å². The van der Waals surface area contributed by atoms with Crippen LogP contribution >= 0.6 is 0 Å².